The molecule has 1 heterocycles. The lowest BCUT2D eigenvalue weighted by Gasteiger charge is -2.13. The summed E-state index contributed by atoms with van der Waals surface area (Å²) in [7, 11) is 0. The number of carbonyl (C=O) groups is 2. The molecule has 0 aliphatic carbocycles. The first-order valence-electron chi connectivity index (χ1n) is 6.44. The molecule has 2 rings (SSSR count). The standard InChI is InChI=1S/C14H11Cl2NO4S2/c15-8-4-7(12(20)9(16)6-8)5-10-13(21)17(14(22)23-10)3-1-2-11(18)19/h4-6,20H,1-3H2,(H,18,19). The SMILES string of the molecule is O=C(O)CCCN1C(=O)C(=Cc2cc(Cl)cc(Cl)c2O)SC1=S. The van der Waals surface area contributed by atoms with Crippen LogP contribution in [-0.4, -0.2) is 37.9 Å². The number of thioether (sulfide) groups is 1. The molecule has 1 aliphatic rings. The van der Waals surface area contributed by atoms with Gasteiger partial charge in [0.05, 0.1) is 9.93 Å². The Morgan fingerprint density at radius 3 is 2.74 bits per heavy atom. The van der Waals surface area contributed by atoms with Crippen LogP contribution < -0.4 is 0 Å². The van der Waals surface area contributed by atoms with Crippen LogP contribution in [0, 0.1) is 0 Å². The van der Waals surface area contributed by atoms with Gasteiger partial charge in [0.2, 0.25) is 0 Å². The van der Waals surface area contributed by atoms with Crippen LogP contribution in [0.2, 0.25) is 10.0 Å². The largest absolute Gasteiger partial charge is 0.506 e. The Morgan fingerprint density at radius 1 is 1.39 bits per heavy atom. The summed E-state index contributed by atoms with van der Waals surface area (Å²) in [5.41, 5.74) is 0.313. The molecule has 0 unspecified atom stereocenters. The number of hydrogen-bond acceptors (Lipinski definition) is 5. The van der Waals surface area contributed by atoms with E-state index in [0.717, 1.165) is 11.8 Å². The first-order chi connectivity index (χ1) is 10.8. The van der Waals surface area contributed by atoms with Gasteiger partial charge in [-0.15, -0.1) is 0 Å². The van der Waals surface area contributed by atoms with Crippen molar-refractivity contribution in [1.29, 1.82) is 0 Å². The maximum absolute atomic E-state index is 12.3. The summed E-state index contributed by atoms with van der Waals surface area (Å²) in [5, 5.41) is 19.0. The molecule has 23 heavy (non-hydrogen) atoms. The number of thiocarbonyl (C=S) groups is 1. The average Bonchev–Trinajstić information content (AvgIpc) is 2.71. The highest BCUT2D eigenvalue weighted by atomic mass is 35.5. The van der Waals surface area contributed by atoms with Crippen molar-refractivity contribution in [3.8, 4) is 5.75 Å². The highest BCUT2D eigenvalue weighted by Crippen LogP contribution is 2.37. The van der Waals surface area contributed by atoms with Crippen molar-refractivity contribution in [2.45, 2.75) is 12.8 Å². The Labute approximate surface area is 151 Å². The van der Waals surface area contributed by atoms with Crippen molar-refractivity contribution >= 4 is 69.5 Å². The average molecular weight is 392 g/mol. The van der Waals surface area contributed by atoms with Crippen molar-refractivity contribution in [3.05, 3.63) is 32.6 Å². The third-order valence-electron chi connectivity index (χ3n) is 2.99. The zero-order valence-corrected chi connectivity index (χ0v) is 14.7. The van der Waals surface area contributed by atoms with Crippen LogP contribution in [0.5, 0.6) is 5.75 Å². The van der Waals surface area contributed by atoms with E-state index in [-0.39, 0.29) is 29.6 Å². The van der Waals surface area contributed by atoms with Gasteiger partial charge in [-0.3, -0.25) is 14.5 Å². The number of carboxylic acid groups (broad SMARTS) is 1. The maximum Gasteiger partial charge on any atom is 0.303 e. The maximum atomic E-state index is 12.3. The molecule has 2 N–H and O–H groups in total. The number of benzene rings is 1. The highest BCUT2D eigenvalue weighted by molar-refractivity contribution is 8.26. The van der Waals surface area contributed by atoms with E-state index in [1.165, 1.54) is 23.1 Å². The number of phenols is 1. The third-order valence-corrected chi connectivity index (χ3v) is 4.87. The summed E-state index contributed by atoms with van der Waals surface area (Å²) in [4.78, 5) is 24.5. The predicted octanol–water partition coefficient (Wildman–Crippen LogP) is 3.77. The molecule has 1 saturated heterocycles. The summed E-state index contributed by atoms with van der Waals surface area (Å²) in [6.45, 7) is 0.233. The number of carbonyl (C=O) groups excluding carboxylic acids is 1. The summed E-state index contributed by atoms with van der Waals surface area (Å²) < 4.78 is 0.347. The first-order valence-corrected chi connectivity index (χ1v) is 8.43. The topological polar surface area (TPSA) is 77.8 Å². The Kier molecular flexibility index (Phi) is 5.91. The summed E-state index contributed by atoms with van der Waals surface area (Å²) in [6.07, 6.45) is 1.73. The highest BCUT2D eigenvalue weighted by Gasteiger charge is 2.31. The smallest absolute Gasteiger partial charge is 0.303 e. The second-order valence-corrected chi connectivity index (χ2v) is 7.18. The fourth-order valence-corrected chi connectivity index (χ4v) is 3.73. The molecule has 0 spiro atoms. The van der Waals surface area contributed by atoms with Crippen molar-refractivity contribution in [1.82, 2.24) is 4.90 Å². The number of amides is 1. The normalized spacial score (nSPS) is 16.4. The van der Waals surface area contributed by atoms with Crippen molar-refractivity contribution in [2.75, 3.05) is 6.54 Å². The van der Waals surface area contributed by atoms with Gasteiger partial charge in [0.25, 0.3) is 5.91 Å². The summed E-state index contributed by atoms with van der Waals surface area (Å²) in [6, 6.07) is 2.88. The quantitative estimate of drug-likeness (QED) is 0.587. The fourth-order valence-electron chi connectivity index (χ4n) is 1.92. The minimum Gasteiger partial charge on any atom is -0.506 e. The van der Waals surface area contributed by atoms with Gasteiger partial charge in [-0.05, 0) is 24.6 Å². The van der Waals surface area contributed by atoms with Crippen LogP contribution >= 0.6 is 47.2 Å². The molecular formula is C14H11Cl2NO4S2. The Morgan fingerprint density at radius 2 is 2.09 bits per heavy atom. The second-order valence-electron chi connectivity index (χ2n) is 4.66. The van der Waals surface area contributed by atoms with Gasteiger partial charge >= 0.3 is 5.97 Å². The van der Waals surface area contributed by atoms with Crippen LogP contribution in [0.4, 0.5) is 0 Å². The van der Waals surface area contributed by atoms with Crippen LogP contribution in [0.15, 0.2) is 17.0 Å². The third kappa shape index (κ3) is 4.38. The molecule has 0 aromatic heterocycles. The minimum atomic E-state index is -0.926. The Balaban J connectivity index is 2.20. The van der Waals surface area contributed by atoms with Crippen LogP contribution in [0.3, 0.4) is 0 Å². The lowest BCUT2D eigenvalue weighted by molar-refractivity contribution is -0.137. The van der Waals surface area contributed by atoms with Crippen LogP contribution in [0.1, 0.15) is 18.4 Å². The fraction of sp³-hybridized carbons (Fsp3) is 0.214. The first kappa shape index (κ1) is 18.1. The van der Waals surface area contributed by atoms with Gasteiger partial charge in [-0.1, -0.05) is 47.2 Å². The van der Waals surface area contributed by atoms with Crippen molar-refractivity contribution < 1.29 is 19.8 Å². The molecule has 0 atom stereocenters. The Hall–Kier alpha value is -1.28. The summed E-state index contributed by atoms with van der Waals surface area (Å²) >= 11 is 18.0. The molecular weight excluding hydrogens is 381 g/mol. The number of hydrogen-bond donors (Lipinski definition) is 2. The molecule has 0 radical (unpaired) electrons. The number of halogens is 2. The molecule has 1 aromatic carbocycles. The molecule has 122 valence electrons. The number of carboxylic acids is 1. The zero-order chi connectivity index (χ0) is 17.1. The molecule has 9 heteroatoms. The number of phenolic OH excluding ortho intramolecular Hbond substituents is 1. The molecule has 1 amide bonds. The van der Waals surface area contributed by atoms with Crippen LogP contribution in [0.25, 0.3) is 6.08 Å². The van der Waals surface area contributed by atoms with Crippen LogP contribution in [-0.2, 0) is 9.59 Å². The van der Waals surface area contributed by atoms with E-state index >= 15 is 0 Å². The summed E-state index contributed by atoms with van der Waals surface area (Å²) in [5.74, 6) is -1.43. The number of aromatic hydroxyl groups is 1. The van der Waals surface area contributed by atoms with Gasteiger partial charge in [0.15, 0.2) is 0 Å². The van der Waals surface area contributed by atoms with E-state index in [2.05, 4.69) is 0 Å². The number of aliphatic carboxylic acids is 1. The zero-order valence-electron chi connectivity index (χ0n) is 11.6. The molecule has 1 aliphatic heterocycles. The number of rotatable bonds is 5. The van der Waals surface area contributed by atoms with E-state index in [1.54, 1.807) is 0 Å². The van der Waals surface area contributed by atoms with Gasteiger partial charge in [0.1, 0.15) is 10.1 Å². The lowest BCUT2D eigenvalue weighted by Crippen LogP contribution is -2.29. The number of nitrogens with zero attached hydrogens (tertiary/aromatic N) is 1. The monoisotopic (exact) mass is 391 g/mol. The predicted molar refractivity (Wildman–Crippen MR) is 94.9 cm³/mol. The van der Waals surface area contributed by atoms with Crippen molar-refractivity contribution in [3.63, 3.8) is 0 Å². The molecule has 0 saturated carbocycles. The van der Waals surface area contributed by atoms with E-state index in [0.29, 0.717) is 26.2 Å². The molecule has 1 fully saturated rings. The molecule has 0 bridgehead atoms. The van der Waals surface area contributed by atoms with E-state index in [9.17, 15) is 14.7 Å². The van der Waals surface area contributed by atoms with E-state index in [1.807, 2.05) is 0 Å². The lowest BCUT2D eigenvalue weighted by atomic mass is 10.2. The van der Waals surface area contributed by atoms with Gasteiger partial charge in [0, 0.05) is 23.6 Å². The van der Waals surface area contributed by atoms with Crippen molar-refractivity contribution in [2.24, 2.45) is 0 Å². The van der Waals surface area contributed by atoms with E-state index < -0.39 is 5.97 Å². The molecule has 5 nitrogen and oxygen atoms in total. The van der Waals surface area contributed by atoms with E-state index in [4.69, 9.17) is 40.5 Å². The Bertz CT molecular complexity index is 721. The molecule has 1 aromatic rings. The second kappa shape index (κ2) is 7.53. The minimum absolute atomic E-state index is 0.0409. The van der Waals surface area contributed by atoms with Gasteiger partial charge in [-0.2, -0.15) is 0 Å². The van der Waals surface area contributed by atoms with Gasteiger partial charge in [-0.25, -0.2) is 0 Å². The van der Waals surface area contributed by atoms with Gasteiger partial charge < -0.3 is 10.2 Å².